The first-order valence-corrected chi connectivity index (χ1v) is 9.53. The average Bonchev–Trinajstić information content (AvgIpc) is 2.04. The van der Waals surface area contributed by atoms with Gasteiger partial charge in [-0.1, -0.05) is 6.92 Å². The smallest absolute Gasteiger partial charge is 0.325 e. The van der Waals surface area contributed by atoms with Crippen molar-refractivity contribution in [2.45, 2.75) is 32.6 Å². The molecule has 1 atom stereocenters. The molecule has 0 radical (unpaired) electrons. The molecular weight excluding hydrogens is 188 g/mol. The summed E-state index contributed by atoms with van der Waals surface area (Å²) >= 11 is 0. The van der Waals surface area contributed by atoms with Gasteiger partial charge in [0.1, 0.15) is 0 Å². The fraction of sp³-hybridized carbons (Fsp3) is 1.00. The van der Waals surface area contributed by atoms with Gasteiger partial charge in [0.05, 0.1) is 0 Å². The molecule has 0 rings (SSSR count). The summed E-state index contributed by atoms with van der Waals surface area (Å²) < 4.78 is 16.6. The zero-order valence-corrected chi connectivity index (χ0v) is 10.9. The van der Waals surface area contributed by atoms with Gasteiger partial charge in [-0.3, -0.25) is 0 Å². The number of hydrogen-bond acceptors (Lipinski definition) is 3. The van der Waals surface area contributed by atoms with E-state index >= 15 is 0 Å². The first-order valence-electron chi connectivity index (χ1n) is 4.19. The minimum Gasteiger partial charge on any atom is -0.415 e. The molecule has 0 N–H and O–H groups in total. The molecule has 0 saturated carbocycles. The SMILES string of the molecule is CC[Si](C)(OC)O[Si](C)(C)OC. The lowest BCUT2D eigenvalue weighted by molar-refractivity contribution is 0.246. The maximum absolute atomic E-state index is 5.91. The van der Waals surface area contributed by atoms with E-state index in [9.17, 15) is 0 Å². The molecule has 0 heterocycles. The highest BCUT2D eigenvalue weighted by atomic mass is 28.5. The fourth-order valence-corrected chi connectivity index (χ4v) is 6.51. The Balaban J connectivity index is 4.20. The zero-order valence-electron chi connectivity index (χ0n) is 8.93. The monoisotopic (exact) mass is 208 g/mol. The van der Waals surface area contributed by atoms with Gasteiger partial charge in [0, 0.05) is 14.2 Å². The highest BCUT2D eigenvalue weighted by molar-refractivity contribution is 6.79. The van der Waals surface area contributed by atoms with Crippen LogP contribution in [0.4, 0.5) is 0 Å². The van der Waals surface area contributed by atoms with E-state index in [-0.39, 0.29) is 0 Å². The van der Waals surface area contributed by atoms with Gasteiger partial charge in [-0.15, -0.1) is 0 Å². The summed E-state index contributed by atoms with van der Waals surface area (Å²) in [5, 5.41) is 0. The van der Waals surface area contributed by atoms with Crippen LogP contribution in [0.3, 0.4) is 0 Å². The Kier molecular flexibility index (Phi) is 4.64. The summed E-state index contributed by atoms with van der Waals surface area (Å²) in [6.45, 7) is 8.23. The van der Waals surface area contributed by atoms with Crippen LogP contribution in [0.25, 0.3) is 0 Å². The largest absolute Gasteiger partial charge is 0.415 e. The third-order valence-electron chi connectivity index (χ3n) is 2.03. The Morgan fingerprint density at radius 1 is 1.00 bits per heavy atom. The summed E-state index contributed by atoms with van der Waals surface area (Å²) in [5.41, 5.74) is 0. The first kappa shape index (κ1) is 12.3. The predicted molar refractivity (Wildman–Crippen MR) is 54.7 cm³/mol. The van der Waals surface area contributed by atoms with Gasteiger partial charge in [-0.25, -0.2) is 0 Å². The van der Waals surface area contributed by atoms with Crippen LogP contribution < -0.4 is 0 Å². The summed E-state index contributed by atoms with van der Waals surface area (Å²) in [7, 11) is -0.416. The standard InChI is InChI=1S/C7H20O3Si2/c1-7-12(6,9-3)10-11(4,5)8-2/h7H2,1-6H3. The maximum atomic E-state index is 5.91. The van der Waals surface area contributed by atoms with Gasteiger partial charge in [0.25, 0.3) is 0 Å². The van der Waals surface area contributed by atoms with Crippen molar-refractivity contribution < 1.29 is 13.0 Å². The molecule has 3 nitrogen and oxygen atoms in total. The lowest BCUT2D eigenvalue weighted by Gasteiger charge is -2.32. The van der Waals surface area contributed by atoms with E-state index < -0.39 is 17.1 Å². The van der Waals surface area contributed by atoms with E-state index in [1.165, 1.54) is 0 Å². The van der Waals surface area contributed by atoms with Crippen molar-refractivity contribution in [3.8, 4) is 0 Å². The molecule has 12 heavy (non-hydrogen) atoms. The quantitative estimate of drug-likeness (QED) is 0.648. The van der Waals surface area contributed by atoms with E-state index in [0.29, 0.717) is 0 Å². The van der Waals surface area contributed by atoms with Gasteiger partial charge < -0.3 is 13.0 Å². The van der Waals surface area contributed by atoms with Gasteiger partial charge in [-0.05, 0) is 25.7 Å². The molecule has 0 aliphatic carbocycles. The van der Waals surface area contributed by atoms with Crippen LogP contribution in [0.15, 0.2) is 0 Å². The molecule has 5 heteroatoms. The molecule has 0 aromatic heterocycles. The normalized spacial score (nSPS) is 17.5. The molecule has 0 saturated heterocycles. The van der Waals surface area contributed by atoms with E-state index in [0.717, 1.165) is 6.04 Å². The summed E-state index contributed by atoms with van der Waals surface area (Å²) in [6, 6.07) is 0.962. The van der Waals surface area contributed by atoms with Crippen LogP contribution in [-0.2, 0) is 13.0 Å². The fourth-order valence-electron chi connectivity index (χ4n) is 0.820. The molecule has 74 valence electrons. The molecule has 0 spiro atoms. The summed E-state index contributed by atoms with van der Waals surface area (Å²) in [5.74, 6) is 0. The van der Waals surface area contributed by atoms with E-state index in [2.05, 4.69) is 13.5 Å². The van der Waals surface area contributed by atoms with Crippen molar-refractivity contribution in [2.24, 2.45) is 0 Å². The van der Waals surface area contributed by atoms with Crippen LogP contribution in [0.1, 0.15) is 6.92 Å². The molecule has 0 aliphatic heterocycles. The summed E-state index contributed by atoms with van der Waals surface area (Å²) in [6.07, 6.45) is 0. The molecule has 0 bridgehead atoms. The Labute approximate surface area is 77.5 Å². The Morgan fingerprint density at radius 3 is 1.75 bits per heavy atom. The van der Waals surface area contributed by atoms with Gasteiger partial charge in [-0.2, -0.15) is 0 Å². The highest BCUT2D eigenvalue weighted by Crippen LogP contribution is 2.18. The van der Waals surface area contributed by atoms with Crippen molar-refractivity contribution in [1.82, 2.24) is 0 Å². The Bertz CT molecular complexity index is 135. The lowest BCUT2D eigenvalue weighted by Crippen LogP contribution is -2.48. The second-order valence-corrected chi connectivity index (χ2v) is 10.8. The second kappa shape index (κ2) is 4.52. The molecule has 0 fully saturated rings. The molecule has 0 aliphatic rings. The minimum atomic E-state index is -1.92. The first-order chi connectivity index (χ1) is 5.39. The zero-order chi connectivity index (χ0) is 9.83. The van der Waals surface area contributed by atoms with Gasteiger partial charge >= 0.3 is 17.1 Å². The Morgan fingerprint density at radius 2 is 1.50 bits per heavy atom. The van der Waals surface area contributed by atoms with Crippen LogP contribution in [0, 0.1) is 0 Å². The van der Waals surface area contributed by atoms with E-state index in [1.54, 1.807) is 14.2 Å². The third kappa shape index (κ3) is 3.82. The van der Waals surface area contributed by atoms with Crippen molar-refractivity contribution in [3.63, 3.8) is 0 Å². The Hall–Kier alpha value is 0.314. The molecule has 0 aromatic rings. The van der Waals surface area contributed by atoms with Crippen molar-refractivity contribution in [3.05, 3.63) is 0 Å². The third-order valence-corrected chi connectivity index (χ3v) is 8.85. The van der Waals surface area contributed by atoms with Crippen molar-refractivity contribution in [2.75, 3.05) is 14.2 Å². The molecule has 0 aromatic carbocycles. The van der Waals surface area contributed by atoms with E-state index in [1.807, 2.05) is 13.1 Å². The second-order valence-electron chi connectivity index (χ2n) is 3.40. The van der Waals surface area contributed by atoms with Crippen molar-refractivity contribution in [1.29, 1.82) is 0 Å². The van der Waals surface area contributed by atoms with Crippen molar-refractivity contribution >= 4 is 17.1 Å². The topological polar surface area (TPSA) is 27.7 Å². The van der Waals surface area contributed by atoms with Gasteiger partial charge in [0.15, 0.2) is 0 Å². The highest BCUT2D eigenvalue weighted by Gasteiger charge is 2.37. The minimum absolute atomic E-state index is 0.962. The maximum Gasteiger partial charge on any atom is 0.325 e. The van der Waals surface area contributed by atoms with Crippen LogP contribution in [-0.4, -0.2) is 31.3 Å². The van der Waals surface area contributed by atoms with E-state index in [4.69, 9.17) is 13.0 Å². The van der Waals surface area contributed by atoms with Crippen LogP contribution in [0.5, 0.6) is 0 Å². The van der Waals surface area contributed by atoms with Gasteiger partial charge in [0.2, 0.25) is 0 Å². The number of hydrogen-bond donors (Lipinski definition) is 0. The van der Waals surface area contributed by atoms with Crippen LogP contribution in [0.2, 0.25) is 25.7 Å². The molecule has 1 unspecified atom stereocenters. The lowest BCUT2D eigenvalue weighted by atomic mass is 11.0. The predicted octanol–water partition coefficient (Wildman–Crippen LogP) is 2.09. The summed E-state index contributed by atoms with van der Waals surface area (Å²) in [4.78, 5) is 0. The number of rotatable bonds is 5. The molecular formula is C7H20O3Si2. The average molecular weight is 208 g/mol. The molecule has 0 amide bonds. The van der Waals surface area contributed by atoms with Crippen LogP contribution >= 0.6 is 0 Å².